The molecule has 0 aliphatic rings. The first-order chi connectivity index (χ1) is 12.5. The highest BCUT2D eigenvalue weighted by Crippen LogP contribution is 2.21. The molecule has 0 aromatic heterocycles. The Morgan fingerprint density at radius 2 is 2.15 bits per heavy atom. The van der Waals surface area contributed by atoms with E-state index in [0.29, 0.717) is 11.3 Å². The van der Waals surface area contributed by atoms with Crippen LogP contribution in [-0.2, 0) is 11.2 Å². The Kier molecular flexibility index (Phi) is 7.11. The molecule has 0 saturated carbocycles. The number of ether oxygens (including phenoxy) is 1. The number of nitro benzene ring substituents is 1. The number of amides is 1. The summed E-state index contributed by atoms with van der Waals surface area (Å²) < 4.78 is 6.22. The van der Waals surface area contributed by atoms with Crippen molar-refractivity contribution in [1.29, 1.82) is 0 Å². The Balaban J connectivity index is 1.96. The Labute approximate surface area is 163 Å². The molecule has 26 heavy (non-hydrogen) atoms. The minimum absolute atomic E-state index is 0.0938. The van der Waals surface area contributed by atoms with E-state index in [1.165, 1.54) is 12.3 Å². The first kappa shape index (κ1) is 19.4. The summed E-state index contributed by atoms with van der Waals surface area (Å²) in [6.45, 7) is 0.186. The van der Waals surface area contributed by atoms with E-state index in [1.54, 1.807) is 30.3 Å². The van der Waals surface area contributed by atoms with Crippen molar-refractivity contribution in [2.75, 3.05) is 6.61 Å². The van der Waals surface area contributed by atoms with Crippen molar-refractivity contribution in [3.63, 3.8) is 0 Å². The Bertz CT molecular complexity index is 890. The second-order valence-electron chi connectivity index (χ2n) is 5.04. The van der Waals surface area contributed by atoms with Crippen LogP contribution in [0.1, 0.15) is 11.1 Å². The number of carbonyl (C=O) groups is 1. The summed E-state index contributed by atoms with van der Waals surface area (Å²) in [6.07, 6.45) is 6.50. The molecule has 0 radical (unpaired) electrons. The molecule has 0 unspecified atom stereocenters. The lowest BCUT2D eigenvalue weighted by molar-refractivity contribution is -0.385. The highest BCUT2D eigenvalue weighted by Gasteiger charge is 2.14. The Morgan fingerprint density at radius 3 is 2.85 bits per heavy atom. The van der Waals surface area contributed by atoms with Crippen LogP contribution in [0.5, 0.6) is 5.75 Å². The molecule has 2 rings (SSSR count). The molecular formula is C18H14IN3O4. The molecule has 0 atom stereocenters. The number of carbonyl (C=O) groups excluding carboxylic acids is 1. The molecule has 0 saturated heterocycles. The van der Waals surface area contributed by atoms with E-state index in [4.69, 9.17) is 11.2 Å². The number of para-hydroxylation sites is 1. The molecule has 0 aliphatic heterocycles. The number of nitrogens with one attached hydrogen (secondary N) is 1. The Hall–Kier alpha value is -2.93. The van der Waals surface area contributed by atoms with Gasteiger partial charge in [0, 0.05) is 11.6 Å². The number of terminal acetylenes is 1. The Morgan fingerprint density at radius 1 is 1.38 bits per heavy atom. The van der Waals surface area contributed by atoms with Crippen molar-refractivity contribution in [2.45, 2.75) is 6.42 Å². The number of nitro groups is 1. The first-order valence-electron chi connectivity index (χ1n) is 7.41. The average Bonchev–Trinajstić information content (AvgIpc) is 2.61. The fraction of sp³-hybridized carbons (Fsp3) is 0.111. The summed E-state index contributed by atoms with van der Waals surface area (Å²) in [5.41, 5.74) is 3.35. The fourth-order valence-electron chi connectivity index (χ4n) is 2.06. The molecule has 2 aromatic rings. The van der Waals surface area contributed by atoms with Crippen LogP contribution in [0, 0.1) is 26.0 Å². The van der Waals surface area contributed by atoms with Crippen LogP contribution >= 0.6 is 22.6 Å². The summed E-state index contributed by atoms with van der Waals surface area (Å²) in [4.78, 5) is 22.4. The summed E-state index contributed by atoms with van der Waals surface area (Å²) in [5, 5.41) is 14.8. The van der Waals surface area contributed by atoms with Crippen LogP contribution in [0.15, 0.2) is 47.6 Å². The van der Waals surface area contributed by atoms with Crippen molar-refractivity contribution < 1.29 is 14.5 Å². The van der Waals surface area contributed by atoms with E-state index in [2.05, 4.69) is 39.0 Å². The average molecular weight is 463 g/mol. The third-order valence-electron chi connectivity index (χ3n) is 3.21. The number of hydrogen-bond donors (Lipinski definition) is 1. The quantitative estimate of drug-likeness (QED) is 0.225. The molecular weight excluding hydrogens is 449 g/mol. The summed E-state index contributed by atoms with van der Waals surface area (Å²) in [7, 11) is 0. The van der Waals surface area contributed by atoms with E-state index < -0.39 is 10.8 Å². The van der Waals surface area contributed by atoms with Crippen LogP contribution in [0.3, 0.4) is 0 Å². The maximum Gasteiger partial charge on any atom is 0.273 e. The monoisotopic (exact) mass is 463 g/mol. The van der Waals surface area contributed by atoms with E-state index in [0.717, 1.165) is 9.13 Å². The van der Waals surface area contributed by atoms with Crippen molar-refractivity contribution in [2.24, 2.45) is 5.10 Å². The van der Waals surface area contributed by atoms with E-state index in [1.807, 2.05) is 6.07 Å². The maximum absolute atomic E-state index is 11.9. The lowest BCUT2D eigenvalue weighted by Gasteiger charge is -2.05. The lowest BCUT2D eigenvalue weighted by atomic mass is 10.1. The van der Waals surface area contributed by atoms with Gasteiger partial charge in [-0.15, -0.1) is 6.42 Å². The van der Waals surface area contributed by atoms with Gasteiger partial charge < -0.3 is 4.74 Å². The third kappa shape index (κ3) is 5.56. The van der Waals surface area contributed by atoms with Crippen LogP contribution < -0.4 is 10.2 Å². The molecule has 0 aliphatic carbocycles. The highest BCUT2D eigenvalue weighted by molar-refractivity contribution is 14.1. The fourth-order valence-corrected chi connectivity index (χ4v) is 2.76. The highest BCUT2D eigenvalue weighted by atomic mass is 127. The largest absolute Gasteiger partial charge is 0.480 e. The van der Waals surface area contributed by atoms with Gasteiger partial charge in [-0.1, -0.05) is 24.1 Å². The summed E-state index contributed by atoms with van der Waals surface area (Å²) in [5.74, 6) is 2.62. The topological polar surface area (TPSA) is 93.8 Å². The zero-order chi connectivity index (χ0) is 18.9. The van der Waals surface area contributed by atoms with Gasteiger partial charge >= 0.3 is 0 Å². The number of hydrogen-bond acceptors (Lipinski definition) is 5. The molecule has 2 aromatic carbocycles. The van der Waals surface area contributed by atoms with Crippen LogP contribution in [0.25, 0.3) is 0 Å². The number of halogens is 1. The smallest absolute Gasteiger partial charge is 0.273 e. The molecule has 0 fully saturated rings. The number of hydrazone groups is 1. The van der Waals surface area contributed by atoms with Crippen LogP contribution in [-0.4, -0.2) is 23.7 Å². The van der Waals surface area contributed by atoms with E-state index >= 15 is 0 Å². The standard InChI is InChI=1S/C18H14IN3O4/c1-2-9-26-17-8-7-13(10-15(17)19)12-20-21-18(23)11-14-5-3-4-6-16(14)22(24)25/h1,3-8,10,12H,9,11H2,(H,21,23)/b20-12+. The minimum atomic E-state index is -0.516. The molecule has 7 nitrogen and oxygen atoms in total. The second kappa shape index (κ2) is 9.53. The molecule has 0 spiro atoms. The van der Waals surface area contributed by atoms with Gasteiger partial charge in [0.05, 0.1) is 21.1 Å². The molecule has 0 bridgehead atoms. The van der Waals surface area contributed by atoms with Gasteiger partial charge in [0.2, 0.25) is 5.91 Å². The molecule has 1 N–H and O–H groups in total. The van der Waals surface area contributed by atoms with Gasteiger partial charge in [0.1, 0.15) is 12.4 Å². The number of benzene rings is 2. The predicted octanol–water partition coefficient (Wildman–Crippen LogP) is 2.90. The number of nitrogens with zero attached hydrogens (tertiary/aromatic N) is 2. The van der Waals surface area contributed by atoms with Gasteiger partial charge in [0.15, 0.2) is 0 Å². The van der Waals surface area contributed by atoms with Crippen molar-refractivity contribution in [3.05, 3.63) is 67.3 Å². The molecule has 8 heteroatoms. The van der Waals surface area contributed by atoms with Crippen molar-refractivity contribution in [1.82, 2.24) is 5.43 Å². The number of rotatable bonds is 7. The van der Waals surface area contributed by atoms with Gasteiger partial charge in [-0.05, 0) is 46.4 Å². The van der Waals surface area contributed by atoms with Crippen LogP contribution in [0.4, 0.5) is 5.69 Å². The molecule has 0 heterocycles. The first-order valence-corrected chi connectivity index (χ1v) is 8.49. The summed E-state index contributed by atoms with van der Waals surface area (Å²) in [6, 6.07) is 11.4. The normalized spacial score (nSPS) is 10.3. The van der Waals surface area contributed by atoms with Gasteiger partial charge in [-0.2, -0.15) is 5.10 Å². The van der Waals surface area contributed by atoms with Gasteiger partial charge in [-0.3, -0.25) is 14.9 Å². The van der Waals surface area contributed by atoms with Crippen molar-refractivity contribution in [3.8, 4) is 18.1 Å². The van der Waals surface area contributed by atoms with E-state index in [9.17, 15) is 14.9 Å². The molecule has 1 amide bonds. The zero-order valence-corrected chi connectivity index (χ0v) is 15.7. The third-order valence-corrected chi connectivity index (χ3v) is 4.05. The second-order valence-corrected chi connectivity index (χ2v) is 6.20. The van der Waals surface area contributed by atoms with E-state index in [-0.39, 0.29) is 18.7 Å². The zero-order valence-electron chi connectivity index (χ0n) is 13.5. The molecule has 132 valence electrons. The maximum atomic E-state index is 11.9. The van der Waals surface area contributed by atoms with Crippen LogP contribution in [0.2, 0.25) is 0 Å². The van der Waals surface area contributed by atoms with Crippen molar-refractivity contribution >= 4 is 40.4 Å². The summed E-state index contributed by atoms with van der Waals surface area (Å²) >= 11 is 2.11. The SMILES string of the molecule is C#CCOc1ccc(/C=N/NC(=O)Cc2ccccc2[N+](=O)[O-])cc1I. The minimum Gasteiger partial charge on any atom is -0.480 e. The van der Waals surface area contributed by atoms with Gasteiger partial charge in [0.25, 0.3) is 5.69 Å². The lowest BCUT2D eigenvalue weighted by Crippen LogP contribution is -2.20. The van der Waals surface area contributed by atoms with Gasteiger partial charge in [-0.25, -0.2) is 5.43 Å². The predicted molar refractivity (Wildman–Crippen MR) is 106 cm³/mol.